The molecule has 0 bridgehead atoms. The number of methoxy groups -OCH3 is 1. The number of anilines is 1. The molecule has 2 fully saturated rings. The van der Waals surface area contributed by atoms with Crippen molar-refractivity contribution in [1.29, 1.82) is 0 Å². The standard InChI is InChI=1S/C26H33N3O5S/c1-3-4-19-5-7-22(8-6-19)29-18-20(17-25(29)30)26(31)27-21-13-15-28(16-14-21)35(32,33)24-11-9-23(34-2)10-12-24/h5-12,20-21H,3-4,13-18H2,1-2H3,(H,27,31). The van der Waals surface area contributed by atoms with Crippen LogP contribution in [0.3, 0.4) is 0 Å². The summed E-state index contributed by atoms with van der Waals surface area (Å²) >= 11 is 0. The summed E-state index contributed by atoms with van der Waals surface area (Å²) in [7, 11) is -2.06. The Morgan fingerprint density at radius 3 is 2.31 bits per heavy atom. The fourth-order valence-corrected chi connectivity index (χ4v) is 6.19. The summed E-state index contributed by atoms with van der Waals surface area (Å²) in [5, 5.41) is 3.05. The van der Waals surface area contributed by atoms with Crippen molar-refractivity contribution in [2.75, 3.05) is 31.6 Å². The summed E-state index contributed by atoms with van der Waals surface area (Å²) < 4.78 is 32.4. The topological polar surface area (TPSA) is 96.0 Å². The second kappa shape index (κ2) is 10.8. The van der Waals surface area contributed by atoms with Gasteiger partial charge in [0.05, 0.1) is 17.9 Å². The third-order valence-corrected chi connectivity index (χ3v) is 8.69. The number of carbonyl (C=O) groups is 2. The summed E-state index contributed by atoms with van der Waals surface area (Å²) in [5.74, 6) is 0.00966. The monoisotopic (exact) mass is 499 g/mol. The number of amides is 2. The van der Waals surface area contributed by atoms with Crippen molar-refractivity contribution in [2.45, 2.75) is 50.0 Å². The fourth-order valence-electron chi connectivity index (χ4n) is 4.72. The quantitative estimate of drug-likeness (QED) is 0.603. The maximum atomic E-state index is 12.9. The van der Waals surface area contributed by atoms with Crippen molar-refractivity contribution in [1.82, 2.24) is 9.62 Å². The van der Waals surface area contributed by atoms with Crippen molar-refractivity contribution in [3.8, 4) is 5.75 Å². The van der Waals surface area contributed by atoms with E-state index in [1.165, 1.54) is 17.0 Å². The van der Waals surface area contributed by atoms with E-state index in [0.29, 0.717) is 38.2 Å². The highest BCUT2D eigenvalue weighted by atomic mass is 32.2. The molecule has 2 aliphatic heterocycles. The number of hydrogen-bond donors (Lipinski definition) is 1. The van der Waals surface area contributed by atoms with Gasteiger partial charge in [-0.25, -0.2) is 8.42 Å². The molecule has 2 amide bonds. The molecule has 0 radical (unpaired) electrons. The van der Waals surface area contributed by atoms with Crippen LogP contribution >= 0.6 is 0 Å². The molecule has 0 aromatic heterocycles. The molecule has 2 aromatic rings. The summed E-state index contributed by atoms with van der Waals surface area (Å²) in [6, 6.07) is 14.2. The highest BCUT2D eigenvalue weighted by Crippen LogP contribution is 2.27. The lowest BCUT2D eigenvalue weighted by Gasteiger charge is -2.32. The molecule has 1 unspecified atom stereocenters. The first-order valence-corrected chi connectivity index (χ1v) is 13.6. The van der Waals surface area contributed by atoms with Gasteiger partial charge in [0, 0.05) is 37.8 Å². The van der Waals surface area contributed by atoms with Gasteiger partial charge in [0.15, 0.2) is 0 Å². The molecular weight excluding hydrogens is 466 g/mol. The minimum Gasteiger partial charge on any atom is -0.497 e. The maximum absolute atomic E-state index is 12.9. The molecule has 1 atom stereocenters. The Hall–Kier alpha value is -2.91. The molecule has 8 nitrogen and oxygen atoms in total. The molecule has 4 rings (SSSR count). The Morgan fingerprint density at radius 1 is 1.06 bits per heavy atom. The van der Waals surface area contributed by atoms with Gasteiger partial charge in [0.1, 0.15) is 5.75 Å². The van der Waals surface area contributed by atoms with Gasteiger partial charge in [-0.2, -0.15) is 4.31 Å². The van der Waals surface area contributed by atoms with E-state index in [9.17, 15) is 18.0 Å². The Morgan fingerprint density at radius 2 is 1.71 bits per heavy atom. The predicted octanol–water partition coefficient (Wildman–Crippen LogP) is 2.97. The molecule has 2 aromatic carbocycles. The molecule has 0 spiro atoms. The second-order valence-corrected chi connectivity index (χ2v) is 11.1. The first-order valence-electron chi connectivity index (χ1n) is 12.2. The number of piperidine rings is 1. The highest BCUT2D eigenvalue weighted by Gasteiger charge is 2.37. The number of ether oxygens (including phenoxy) is 1. The lowest BCUT2D eigenvalue weighted by atomic mass is 10.0. The zero-order valence-corrected chi connectivity index (χ0v) is 21.1. The number of nitrogens with one attached hydrogen (secondary N) is 1. The summed E-state index contributed by atoms with van der Waals surface area (Å²) in [6.45, 7) is 3.16. The van der Waals surface area contributed by atoms with Crippen LogP contribution in [0.4, 0.5) is 5.69 Å². The zero-order valence-electron chi connectivity index (χ0n) is 20.3. The van der Waals surface area contributed by atoms with Crippen LogP contribution in [-0.4, -0.2) is 57.3 Å². The van der Waals surface area contributed by atoms with Gasteiger partial charge in [-0.1, -0.05) is 25.5 Å². The number of rotatable bonds is 8. The van der Waals surface area contributed by atoms with Crippen molar-refractivity contribution in [2.24, 2.45) is 5.92 Å². The molecule has 2 heterocycles. The highest BCUT2D eigenvalue weighted by molar-refractivity contribution is 7.89. The minimum atomic E-state index is -3.59. The van der Waals surface area contributed by atoms with E-state index in [1.54, 1.807) is 29.2 Å². The SMILES string of the molecule is CCCc1ccc(N2CC(C(=O)NC3CCN(S(=O)(=O)c4ccc(OC)cc4)CC3)CC2=O)cc1. The van der Waals surface area contributed by atoms with Gasteiger partial charge in [-0.3, -0.25) is 9.59 Å². The smallest absolute Gasteiger partial charge is 0.243 e. The molecule has 9 heteroatoms. The van der Waals surface area contributed by atoms with Crippen molar-refractivity contribution in [3.05, 3.63) is 54.1 Å². The summed E-state index contributed by atoms with van der Waals surface area (Å²) in [6.07, 6.45) is 3.32. The van der Waals surface area contributed by atoms with Crippen molar-refractivity contribution < 1.29 is 22.7 Å². The van der Waals surface area contributed by atoms with Crippen LogP contribution < -0.4 is 15.0 Å². The molecule has 188 valence electrons. The normalized spacial score (nSPS) is 19.7. The molecule has 0 saturated carbocycles. The maximum Gasteiger partial charge on any atom is 0.243 e. The molecule has 35 heavy (non-hydrogen) atoms. The predicted molar refractivity (Wildman–Crippen MR) is 134 cm³/mol. The third kappa shape index (κ3) is 5.67. The van der Waals surface area contributed by atoms with E-state index in [2.05, 4.69) is 12.2 Å². The van der Waals surface area contributed by atoms with Crippen LogP contribution in [0.2, 0.25) is 0 Å². The van der Waals surface area contributed by atoms with Gasteiger partial charge in [-0.05, 0) is 61.2 Å². The fraction of sp³-hybridized carbons (Fsp3) is 0.462. The third-order valence-electron chi connectivity index (χ3n) is 6.78. The molecule has 1 N–H and O–H groups in total. The van der Waals surface area contributed by atoms with Crippen LogP contribution in [0, 0.1) is 5.92 Å². The zero-order chi connectivity index (χ0) is 25.0. The van der Waals surface area contributed by atoms with Gasteiger partial charge in [0.25, 0.3) is 0 Å². The number of hydrogen-bond acceptors (Lipinski definition) is 5. The first-order chi connectivity index (χ1) is 16.8. The number of aryl methyl sites for hydroxylation is 1. The number of nitrogens with zero attached hydrogens (tertiary/aromatic N) is 2. The molecular formula is C26H33N3O5S. The number of carbonyl (C=O) groups excluding carboxylic acids is 2. The van der Waals surface area contributed by atoms with E-state index in [1.807, 2.05) is 24.3 Å². The lowest BCUT2D eigenvalue weighted by Crippen LogP contribution is -2.48. The average molecular weight is 500 g/mol. The Bertz CT molecular complexity index is 1140. The van der Waals surface area contributed by atoms with E-state index >= 15 is 0 Å². The molecule has 0 aliphatic carbocycles. The molecule has 2 saturated heterocycles. The summed E-state index contributed by atoms with van der Waals surface area (Å²) in [5.41, 5.74) is 2.06. The van der Waals surface area contributed by atoms with E-state index in [-0.39, 0.29) is 29.2 Å². The van der Waals surface area contributed by atoms with Crippen molar-refractivity contribution in [3.63, 3.8) is 0 Å². The van der Waals surface area contributed by atoms with Crippen LogP contribution in [0.5, 0.6) is 5.75 Å². The van der Waals surface area contributed by atoms with Crippen LogP contribution in [-0.2, 0) is 26.0 Å². The van der Waals surface area contributed by atoms with Crippen LogP contribution in [0.1, 0.15) is 38.2 Å². The largest absolute Gasteiger partial charge is 0.497 e. The Kier molecular flexibility index (Phi) is 7.76. The van der Waals surface area contributed by atoms with E-state index in [0.717, 1.165) is 18.5 Å². The van der Waals surface area contributed by atoms with Gasteiger partial charge in [-0.15, -0.1) is 0 Å². The first kappa shape index (κ1) is 25.2. The number of benzene rings is 2. The van der Waals surface area contributed by atoms with Crippen LogP contribution in [0.15, 0.2) is 53.4 Å². The van der Waals surface area contributed by atoms with Gasteiger partial charge < -0.3 is 15.0 Å². The van der Waals surface area contributed by atoms with Crippen LogP contribution in [0.25, 0.3) is 0 Å². The Balaban J connectivity index is 1.30. The second-order valence-electron chi connectivity index (χ2n) is 9.18. The molecule has 2 aliphatic rings. The van der Waals surface area contributed by atoms with Gasteiger partial charge in [0.2, 0.25) is 21.8 Å². The lowest BCUT2D eigenvalue weighted by molar-refractivity contribution is -0.127. The Labute approximate surface area is 207 Å². The average Bonchev–Trinajstić information content (AvgIpc) is 3.27. The number of sulfonamides is 1. The minimum absolute atomic E-state index is 0.0474. The van der Waals surface area contributed by atoms with Gasteiger partial charge >= 0.3 is 0 Å². The van der Waals surface area contributed by atoms with E-state index in [4.69, 9.17) is 4.74 Å². The van der Waals surface area contributed by atoms with E-state index < -0.39 is 15.9 Å². The van der Waals surface area contributed by atoms with Crippen molar-refractivity contribution >= 4 is 27.5 Å². The summed E-state index contributed by atoms with van der Waals surface area (Å²) in [4.78, 5) is 27.4.